The van der Waals surface area contributed by atoms with Crippen molar-refractivity contribution in [2.24, 2.45) is 0 Å². The number of benzene rings is 1. The Labute approximate surface area is 157 Å². The molecule has 1 aliphatic heterocycles. The number of allylic oxidation sites excluding steroid dienone is 2. The lowest BCUT2D eigenvalue weighted by Gasteiger charge is -2.25. The van der Waals surface area contributed by atoms with E-state index in [2.05, 4.69) is 0 Å². The molecule has 7 nitrogen and oxygen atoms in total. The van der Waals surface area contributed by atoms with E-state index >= 15 is 0 Å². The number of carbonyl (C=O) groups is 3. The van der Waals surface area contributed by atoms with Gasteiger partial charge in [-0.05, 0) is 43.7 Å². The summed E-state index contributed by atoms with van der Waals surface area (Å²) in [7, 11) is 2.45. The second-order valence-electron chi connectivity index (χ2n) is 6.29. The number of hydrogen-bond donors (Lipinski definition) is 1. The molecule has 1 aromatic carbocycles. The number of carboxylic acids is 1. The molecule has 0 atom stereocenters. The highest BCUT2D eigenvalue weighted by Gasteiger charge is 2.30. The Morgan fingerprint density at radius 2 is 1.56 bits per heavy atom. The average Bonchev–Trinajstić information content (AvgIpc) is 2.89. The van der Waals surface area contributed by atoms with Gasteiger partial charge in [-0.3, -0.25) is 4.79 Å². The number of nitrogens with zero attached hydrogens (tertiary/aromatic N) is 1. The molecule has 0 saturated carbocycles. The van der Waals surface area contributed by atoms with Crippen LogP contribution in [0.4, 0.5) is 5.69 Å². The van der Waals surface area contributed by atoms with Gasteiger partial charge in [0.25, 0.3) is 0 Å². The third-order valence-electron chi connectivity index (χ3n) is 4.29. The molecular formula is C20H21NO6. The molecule has 0 amide bonds. The van der Waals surface area contributed by atoms with E-state index < -0.39 is 23.3 Å². The molecule has 0 radical (unpaired) electrons. The summed E-state index contributed by atoms with van der Waals surface area (Å²) in [5, 5.41) is 9.37. The number of hydrogen-bond acceptors (Lipinski definition) is 6. The highest BCUT2D eigenvalue weighted by atomic mass is 16.5. The van der Waals surface area contributed by atoms with Crippen LogP contribution in [0.2, 0.25) is 0 Å². The summed E-state index contributed by atoms with van der Waals surface area (Å²) in [4.78, 5) is 37.4. The SMILES string of the molecule is COC(=O)C1=C(C(=O)OC)N(c2ccc(C(C)(C)C(=O)O)cc2)C=CC=C1. The Balaban J connectivity index is 2.56. The molecular weight excluding hydrogens is 350 g/mol. The molecule has 142 valence electrons. The Morgan fingerprint density at radius 3 is 2.07 bits per heavy atom. The highest BCUT2D eigenvalue weighted by Crippen LogP contribution is 2.30. The van der Waals surface area contributed by atoms with Crippen molar-refractivity contribution in [3.05, 3.63) is 65.5 Å². The molecule has 0 unspecified atom stereocenters. The van der Waals surface area contributed by atoms with E-state index in [-0.39, 0.29) is 11.3 Å². The van der Waals surface area contributed by atoms with Gasteiger partial charge < -0.3 is 19.5 Å². The summed E-state index contributed by atoms with van der Waals surface area (Å²) in [6.07, 6.45) is 6.34. The van der Waals surface area contributed by atoms with E-state index in [1.54, 1.807) is 56.5 Å². The highest BCUT2D eigenvalue weighted by molar-refractivity contribution is 6.05. The fourth-order valence-corrected chi connectivity index (χ4v) is 2.53. The van der Waals surface area contributed by atoms with Gasteiger partial charge in [-0.15, -0.1) is 0 Å². The number of rotatable bonds is 5. The molecule has 0 fully saturated rings. The van der Waals surface area contributed by atoms with Crippen LogP contribution in [-0.4, -0.2) is 37.2 Å². The van der Waals surface area contributed by atoms with Crippen LogP contribution in [0, 0.1) is 0 Å². The van der Waals surface area contributed by atoms with Gasteiger partial charge >= 0.3 is 17.9 Å². The van der Waals surface area contributed by atoms with Crippen LogP contribution >= 0.6 is 0 Å². The molecule has 0 spiro atoms. The van der Waals surface area contributed by atoms with Crippen molar-refractivity contribution < 1.29 is 29.0 Å². The predicted octanol–water partition coefficient (Wildman–Crippen LogP) is 2.54. The van der Waals surface area contributed by atoms with Crippen molar-refractivity contribution in [2.45, 2.75) is 19.3 Å². The number of ether oxygens (including phenoxy) is 2. The molecule has 1 aliphatic rings. The van der Waals surface area contributed by atoms with Crippen LogP contribution < -0.4 is 4.90 Å². The number of carboxylic acid groups (broad SMARTS) is 1. The van der Waals surface area contributed by atoms with E-state index in [0.717, 1.165) is 0 Å². The number of methoxy groups -OCH3 is 2. The molecule has 7 heteroatoms. The summed E-state index contributed by atoms with van der Waals surface area (Å²) in [6, 6.07) is 6.69. The summed E-state index contributed by atoms with van der Waals surface area (Å²) < 4.78 is 9.61. The first-order valence-corrected chi connectivity index (χ1v) is 8.13. The molecule has 0 bridgehead atoms. The quantitative estimate of drug-likeness (QED) is 0.795. The van der Waals surface area contributed by atoms with E-state index in [1.165, 1.54) is 25.2 Å². The maximum Gasteiger partial charge on any atom is 0.355 e. The molecule has 0 aliphatic carbocycles. The van der Waals surface area contributed by atoms with Gasteiger partial charge in [0.15, 0.2) is 0 Å². The Kier molecular flexibility index (Phi) is 5.85. The third-order valence-corrected chi connectivity index (χ3v) is 4.29. The van der Waals surface area contributed by atoms with E-state index in [4.69, 9.17) is 9.47 Å². The molecule has 27 heavy (non-hydrogen) atoms. The normalized spacial score (nSPS) is 14.0. The van der Waals surface area contributed by atoms with E-state index in [0.29, 0.717) is 11.3 Å². The van der Waals surface area contributed by atoms with Crippen LogP contribution in [0.25, 0.3) is 0 Å². The van der Waals surface area contributed by atoms with Gasteiger partial charge in [0.05, 0.1) is 25.2 Å². The van der Waals surface area contributed by atoms with Crippen LogP contribution in [0.5, 0.6) is 0 Å². The molecule has 1 heterocycles. The van der Waals surface area contributed by atoms with E-state index in [1.807, 2.05) is 0 Å². The molecule has 0 aromatic heterocycles. The van der Waals surface area contributed by atoms with Gasteiger partial charge in [-0.2, -0.15) is 0 Å². The Morgan fingerprint density at radius 1 is 0.963 bits per heavy atom. The Hall–Kier alpha value is -3.35. The van der Waals surface area contributed by atoms with Crippen molar-refractivity contribution in [3.63, 3.8) is 0 Å². The van der Waals surface area contributed by atoms with Crippen LogP contribution in [0.15, 0.2) is 60.0 Å². The minimum atomic E-state index is -1.06. The zero-order valence-corrected chi connectivity index (χ0v) is 15.6. The first-order valence-electron chi connectivity index (χ1n) is 8.13. The summed E-state index contributed by atoms with van der Waals surface area (Å²) in [5.41, 5.74) is 0.144. The maximum absolute atomic E-state index is 12.4. The molecule has 2 rings (SSSR count). The zero-order chi connectivity index (χ0) is 20.2. The molecule has 1 aromatic rings. The fraction of sp³-hybridized carbons (Fsp3) is 0.250. The predicted molar refractivity (Wildman–Crippen MR) is 98.9 cm³/mol. The van der Waals surface area contributed by atoms with Gasteiger partial charge in [-0.25, -0.2) is 9.59 Å². The molecule has 1 N–H and O–H groups in total. The van der Waals surface area contributed by atoms with Crippen molar-refractivity contribution in [1.29, 1.82) is 0 Å². The molecule has 0 saturated heterocycles. The van der Waals surface area contributed by atoms with Gasteiger partial charge in [-0.1, -0.05) is 18.2 Å². The van der Waals surface area contributed by atoms with Crippen molar-refractivity contribution >= 4 is 23.6 Å². The minimum absolute atomic E-state index is 0.000375. The lowest BCUT2D eigenvalue weighted by Crippen LogP contribution is -2.29. The van der Waals surface area contributed by atoms with Crippen molar-refractivity contribution in [1.82, 2.24) is 0 Å². The lowest BCUT2D eigenvalue weighted by atomic mass is 9.85. The number of aliphatic carboxylic acids is 1. The summed E-state index contributed by atoms with van der Waals surface area (Å²) in [5.74, 6) is -2.33. The largest absolute Gasteiger partial charge is 0.481 e. The summed E-state index contributed by atoms with van der Waals surface area (Å²) in [6.45, 7) is 3.21. The lowest BCUT2D eigenvalue weighted by molar-refractivity contribution is -0.142. The van der Waals surface area contributed by atoms with Crippen LogP contribution in [0.3, 0.4) is 0 Å². The average molecular weight is 371 g/mol. The second kappa shape index (κ2) is 7.90. The first-order chi connectivity index (χ1) is 12.7. The standard InChI is InChI=1S/C20H21NO6/c1-20(2,19(24)25)13-8-10-14(11-9-13)21-12-6-5-7-15(17(22)26-3)16(21)18(23)27-4/h5-12H,1-4H3,(H,24,25). The van der Waals surface area contributed by atoms with Crippen molar-refractivity contribution in [3.8, 4) is 0 Å². The van der Waals surface area contributed by atoms with Crippen LogP contribution in [0.1, 0.15) is 19.4 Å². The summed E-state index contributed by atoms with van der Waals surface area (Å²) >= 11 is 0. The monoisotopic (exact) mass is 371 g/mol. The van der Waals surface area contributed by atoms with Crippen molar-refractivity contribution in [2.75, 3.05) is 19.1 Å². The zero-order valence-electron chi connectivity index (χ0n) is 15.6. The number of anilines is 1. The smallest absolute Gasteiger partial charge is 0.355 e. The van der Waals surface area contributed by atoms with Gasteiger partial charge in [0.2, 0.25) is 0 Å². The number of carbonyl (C=O) groups excluding carboxylic acids is 2. The fourth-order valence-electron chi connectivity index (χ4n) is 2.53. The Bertz CT molecular complexity index is 846. The first kappa shape index (κ1) is 20.0. The van der Waals surface area contributed by atoms with Gasteiger partial charge in [0.1, 0.15) is 5.70 Å². The minimum Gasteiger partial charge on any atom is -0.481 e. The van der Waals surface area contributed by atoms with E-state index in [9.17, 15) is 19.5 Å². The maximum atomic E-state index is 12.4. The second-order valence-corrected chi connectivity index (χ2v) is 6.29. The van der Waals surface area contributed by atoms with Crippen LogP contribution in [-0.2, 0) is 29.3 Å². The third kappa shape index (κ3) is 3.92. The number of esters is 2. The topological polar surface area (TPSA) is 93.1 Å². The van der Waals surface area contributed by atoms with Gasteiger partial charge in [0, 0.05) is 11.9 Å².